The molecule has 0 unspecified atom stereocenters. The Balaban J connectivity index is 2.09. The molecule has 0 saturated carbocycles. The number of rotatable bonds is 0. The lowest BCUT2D eigenvalue weighted by Crippen LogP contribution is -2.31. The summed E-state index contributed by atoms with van der Waals surface area (Å²) in [6, 6.07) is 11.0. The summed E-state index contributed by atoms with van der Waals surface area (Å²) >= 11 is 0. The molecule has 98 valence electrons. The maximum absolute atomic E-state index is 3.37. The number of nitrogens with one attached hydrogen (secondary N) is 1. The molecule has 3 heteroatoms. The molecule has 0 bridgehead atoms. The first kappa shape index (κ1) is 12.0. The van der Waals surface area contributed by atoms with Gasteiger partial charge in [-0.1, -0.05) is 17.7 Å². The summed E-state index contributed by atoms with van der Waals surface area (Å²) in [7, 11) is 4.31. The number of hydrogen-bond donors (Lipinski definition) is 0. The minimum absolute atomic E-state index is 0.924. The Hall–Kier alpha value is -2.03. The molecule has 0 saturated heterocycles. The van der Waals surface area contributed by atoms with Crippen LogP contribution in [-0.2, 0) is 13.1 Å². The van der Waals surface area contributed by atoms with Crippen molar-refractivity contribution in [3.05, 3.63) is 53.2 Å². The largest absolute Gasteiger partial charge is 0.370 e. The zero-order valence-corrected chi connectivity index (χ0v) is 11.8. The quantitative estimate of drug-likeness (QED) is 0.719. The molecule has 3 nitrogen and oxygen atoms in total. The summed E-state index contributed by atoms with van der Waals surface area (Å²) < 4.78 is 0. The van der Waals surface area contributed by atoms with E-state index in [2.05, 4.69) is 66.1 Å². The van der Waals surface area contributed by atoms with Crippen LogP contribution in [0.3, 0.4) is 0 Å². The number of pyridine rings is 1. The Bertz CT molecular complexity index is 607. The third-order valence-electron chi connectivity index (χ3n) is 3.76. The van der Waals surface area contributed by atoms with Crippen molar-refractivity contribution in [2.45, 2.75) is 20.0 Å². The van der Waals surface area contributed by atoms with E-state index in [4.69, 9.17) is 0 Å². The maximum Gasteiger partial charge on any atom is 0.279 e. The SMILES string of the molecule is Cc1ccc2c(c1)CN(C)c1[nH+]cccc1CN2C. The van der Waals surface area contributed by atoms with Crippen molar-refractivity contribution in [3.8, 4) is 0 Å². The van der Waals surface area contributed by atoms with Gasteiger partial charge in [-0.05, 0) is 25.1 Å². The van der Waals surface area contributed by atoms with Crippen molar-refractivity contribution in [2.75, 3.05) is 23.9 Å². The highest BCUT2D eigenvalue weighted by Crippen LogP contribution is 2.29. The highest BCUT2D eigenvalue weighted by atomic mass is 15.2. The Kier molecular flexibility index (Phi) is 2.90. The molecule has 19 heavy (non-hydrogen) atoms. The summed E-state index contributed by atoms with van der Waals surface area (Å²) in [5.41, 5.74) is 5.36. The van der Waals surface area contributed by atoms with E-state index in [1.54, 1.807) is 0 Å². The smallest absolute Gasteiger partial charge is 0.279 e. The minimum Gasteiger partial charge on any atom is -0.370 e. The number of aryl methyl sites for hydroxylation is 1. The lowest BCUT2D eigenvalue weighted by Gasteiger charge is -2.27. The first-order chi connectivity index (χ1) is 9.15. The van der Waals surface area contributed by atoms with Crippen molar-refractivity contribution in [1.29, 1.82) is 0 Å². The van der Waals surface area contributed by atoms with Gasteiger partial charge in [-0.25, -0.2) is 4.98 Å². The third kappa shape index (κ3) is 2.16. The second kappa shape index (κ2) is 4.57. The number of H-pyrrole nitrogens is 1. The zero-order chi connectivity index (χ0) is 13.4. The van der Waals surface area contributed by atoms with Crippen LogP contribution in [0.1, 0.15) is 16.7 Å². The van der Waals surface area contributed by atoms with Crippen LogP contribution in [0.25, 0.3) is 0 Å². The number of fused-ring (bicyclic) bond motifs is 2. The summed E-state index contributed by atoms with van der Waals surface area (Å²) in [5, 5.41) is 0. The molecule has 2 aromatic rings. The van der Waals surface area contributed by atoms with Crippen LogP contribution in [-0.4, -0.2) is 14.1 Å². The summed E-state index contributed by atoms with van der Waals surface area (Å²) in [5.74, 6) is 1.21. The molecule has 0 spiro atoms. The molecule has 2 heterocycles. The van der Waals surface area contributed by atoms with E-state index in [1.165, 1.54) is 28.2 Å². The van der Waals surface area contributed by atoms with Crippen LogP contribution in [0.5, 0.6) is 0 Å². The second-order valence-electron chi connectivity index (χ2n) is 5.39. The van der Waals surface area contributed by atoms with Gasteiger partial charge in [-0.15, -0.1) is 0 Å². The average molecular weight is 254 g/mol. The highest BCUT2D eigenvalue weighted by molar-refractivity contribution is 5.59. The Morgan fingerprint density at radius 2 is 1.79 bits per heavy atom. The summed E-state index contributed by atoms with van der Waals surface area (Å²) in [6.07, 6.45) is 1.99. The van der Waals surface area contributed by atoms with Gasteiger partial charge < -0.3 is 4.90 Å². The number of aromatic amines is 1. The number of anilines is 2. The predicted octanol–water partition coefficient (Wildman–Crippen LogP) is 2.40. The molecule has 0 atom stereocenters. The number of benzene rings is 1. The number of nitrogens with zero attached hydrogens (tertiary/aromatic N) is 2. The molecular formula is C16H20N3+. The van der Waals surface area contributed by atoms with Crippen LogP contribution in [0.2, 0.25) is 0 Å². The molecule has 0 fully saturated rings. The standard InChI is InChI=1S/C16H19N3/c1-12-6-7-15-14(9-12)11-19(3)16-13(10-18(15)2)5-4-8-17-16/h4-9H,10-11H2,1-3H3/p+1. The molecule has 1 aliphatic rings. The van der Waals surface area contributed by atoms with Crippen LogP contribution in [0, 0.1) is 6.92 Å². The fourth-order valence-corrected chi connectivity index (χ4v) is 2.83. The Labute approximate surface area is 114 Å². The van der Waals surface area contributed by atoms with E-state index >= 15 is 0 Å². The topological polar surface area (TPSA) is 20.6 Å². The molecule has 0 radical (unpaired) electrons. The van der Waals surface area contributed by atoms with Crippen molar-refractivity contribution in [3.63, 3.8) is 0 Å². The summed E-state index contributed by atoms with van der Waals surface area (Å²) in [6.45, 7) is 4.00. The first-order valence-electron chi connectivity index (χ1n) is 6.66. The third-order valence-corrected chi connectivity index (χ3v) is 3.76. The molecular weight excluding hydrogens is 234 g/mol. The zero-order valence-electron chi connectivity index (χ0n) is 11.8. The maximum atomic E-state index is 3.37. The highest BCUT2D eigenvalue weighted by Gasteiger charge is 2.23. The number of aromatic nitrogens is 1. The fourth-order valence-electron chi connectivity index (χ4n) is 2.83. The Morgan fingerprint density at radius 1 is 1.00 bits per heavy atom. The van der Waals surface area contributed by atoms with Gasteiger partial charge in [0.05, 0.1) is 25.4 Å². The normalized spacial score (nSPS) is 14.5. The monoisotopic (exact) mass is 254 g/mol. The number of hydrogen-bond acceptors (Lipinski definition) is 2. The van der Waals surface area contributed by atoms with Gasteiger partial charge in [0.15, 0.2) is 0 Å². The molecule has 0 aliphatic carbocycles. The van der Waals surface area contributed by atoms with Gasteiger partial charge in [-0.2, -0.15) is 0 Å². The van der Waals surface area contributed by atoms with Crippen molar-refractivity contribution >= 4 is 11.5 Å². The fraction of sp³-hybridized carbons (Fsp3) is 0.312. The van der Waals surface area contributed by atoms with Gasteiger partial charge in [0.2, 0.25) is 0 Å². The second-order valence-corrected chi connectivity index (χ2v) is 5.39. The van der Waals surface area contributed by atoms with Crippen LogP contribution >= 0.6 is 0 Å². The van der Waals surface area contributed by atoms with Crippen molar-refractivity contribution in [1.82, 2.24) is 0 Å². The molecule has 1 aromatic carbocycles. The van der Waals surface area contributed by atoms with E-state index in [0.29, 0.717) is 0 Å². The van der Waals surface area contributed by atoms with Crippen molar-refractivity contribution in [2.24, 2.45) is 0 Å². The van der Waals surface area contributed by atoms with Gasteiger partial charge in [0.25, 0.3) is 5.82 Å². The van der Waals surface area contributed by atoms with E-state index in [0.717, 1.165) is 13.1 Å². The molecule has 3 rings (SSSR count). The Morgan fingerprint density at radius 3 is 2.63 bits per heavy atom. The average Bonchev–Trinajstić information content (AvgIpc) is 2.38. The van der Waals surface area contributed by atoms with E-state index in [9.17, 15) is 0 Å². The van der Waals surface area contributed by atoms with E-state index in [1.807, 2.05) is 6.20 Å². The van der Waals surface area contributed by atoms with Gasteiger partial charge >= 0.3 is 0 Å². The van der Waals surface area contributed by atoms with Crippen LogP contribution in [0.15, 0.2) is 36.5 Å². The van der Waals surface area contributed by atoms with E-state index < -0.39 is 0 Å². The molecule has 1 aromatic heterocycles. The van der Waals surface area contributed by atoms with Crippen LogP contribution in [0.4, 0.5) is 11.5 Å². The van der Waals surface area contributed by atoms with Crippen molar-refractivity contribution < 1.29 is 4.98 Å². The summed E-state index contributed by atoms with van der Waals surface area (Å²) in [4.78, 5) is 7.99. The van der Waals surface area contributed by atoms with E-state index in [-0.39, 0.29) is 0 Å². The van der Waals surface area contributed by atoms with Crippen LogP contribution < -0.4 is 14.8 Å². The van der Waals surface area contributed by atoms with Gasteiger partial charge in [0.1, 0.15) is 6.54 Å². The molecule has 1 aliphatic heterocycles. The van der Waals surface area contributed by atoms with Gasteiger partial charge in [0, 0.05) is 18.3 Å². The first-order valence-corrected chi connectivity index (χ1v) is 6.66. The minimum atomic E-state index is 0.924. The van der Waals surface area contributed by atoms with Gasteiger partial charge in [-0.3, -0.25) is 4.90 Å². The predicted molar refractivity (Wildman–Crippen MR) is 78.4 cm³/mol. The lowest BCUT2D eigenvalue weighted by molar-refractivity contribution is -0.364. The molecule has 1 N–H and O–H groups in total. The lowest BCUT2D eigenvalue weighted by atomic mass is 10.1. The molecule has 0 amide bonds.